The zero-order chi connectivity index (χ0) is 27.3. The molecule has 202 valence electrons. The molecule has 1 aromatic carbocycles. The number of halogens is 2. The molecular formula is C27H36ClFN4O4. The van der Waals surface area contributed by atoms with Gasteiger partial charge < -0.3 is 19.5 Å². The molecule has 2 aliphatic rings. The Balaban J connectivity index is 1.69. The summed E-state index contributed by atoms with van der Waals surface area (Å²) >= 11 is 5.96. The Kier molecular flexibility index (Phi) is 7.09. The van der Waals surface area contributed by atoms with Crippen LogP contribution in [0.15, 0.2) is 24.3 Å². The second-order valence-electron chi connectivity index (χ2n) is 11.8. The molecule has 2 saturated heterocycles. The topological polar surface area (TPSA) is 88.0 Å². The molecule has 2 aliphatic heterocycles. The van der Waals surface area contributed by atoms with E-state index in [1.54, 1.807) is 11.0 Å². The molecule has 0 radical (unpaired) electrons. The molecule has 4 rings (SSSR count). The molecule has 2 fully saturated rings. The molecular weight excluding hydrogens is 499 g/mol. The van der Waals surface area contributed by atoms with Crippen LogP contribution >= 0.6 is 11.6 Å². The van der Waals surface area contributed by atoms with Crippen LogP contribution in [0.1, 0.15) is 53.9 Å². The van der Waals surface area contributed by atoms with Gasteiger partial charge in [0.2, 0.25) is 0 Å². The molecule has 4 atom stereocenters. The third-order valence-corrected chi connectivity index (χ3v) is 8.48. The van der Waals surface area contributed by atoms with Gasteiger partial charge in [-0.1, -0.05) is 32.4 Å². The Morgan fingerprint density at radius 2 is 1.97 bits per heavy atom. The second-order valence-corrected chi connectivity index (χ2v) is 12.2. The van der Waals surface area contributed by atoms with Crippen molar-refractivity contribution in [2.45, 2.75) is 71.0 Å². The van der Waals surface area contributed by atoms with Crippen LogP contribution in [-0.4, -0.2) is 64.4 Å². The predicted octanol–water partition coefficient (Wildman–Crippen LogP) is 6.08. The maximum Gasteiger partial charge on any atom is 0.408 e. The number of rotatable bonds is 6. The first-order valence-electron chi connectivity index (χ1n) is 12.4. The molecule has 37 heavy (non-hydrogen) atoms. The molecule has 1 aromatic heterocycles. The van der Waals surface area contributed by atoms with Gasteiger partial charge in [0.1, 0.15) is 11.6 Å². The number of methoxy groups -OCH3 is 1. The predicted molar refractivity (Wildman–Crippen MR) is 141 cm³/mol. The largest absolute Gasteiger partial charge is 0.467 e. The van der Waals surface area contributed by atoms with Gasteiger partial charge >= 0.3 is 6.09 Å². The number of piperidine rings is 1. The summed E-state index contributed by atoms with van der Waals surface area (Å²) in [6, 6.07) is 6.34. The number of amides is 1. The number of aromatic nitrogens is 2. The fourth-order valence-electron chi connectivity index (χ4n) is 6.95. The van der Waals surface area contributed by atoms with Crippen LogP contribution in [0.4, 0.5) is 15.0 Å². The Labute approximate surface area is 222 Å². The highest BCUT2D eigenvalue weighted by Gasteiger charge is 2.65. The summed E-state index contributed by atoms with van der Waals surface area (Å²) in [4.78, 5) is 16.2. The summed E-state index contributed by atoms with van der Waals surface area (Å²) in [6.45, 7) is 10.7. The van der Waals surface area contributed by atoms with E-state index in [2.05, 4.69) is 49.7 Å². The van der Waals surface area contributed by atoms with Crippen molar-refractivity contribution in [3.63, 3.8) is 0 Å². The van der Waals surface area contributed by atoms with Crippen LogP contribution in [0.5, 0.6) is 5.75 Å². The normalized spacial score (nSPS) is 27.3. The molecule has 0 aliphatic carbocycles. The number of hydrogen-bond donors (Lipinski definition) is 1. The van der Waals surface area contributed by atoms with Gasteiger partial charge in [-0.05, 0) is 56.7 Å². The van der Waals surface area contributed by atoms with Gasteiger partial charge in [-0.2, -0.15) is 0 Å². The van der Waals surface area contributed by atoms with E-state index in [0.717, 1.165) is 12.8 Å². The summed E-state index contributed by atoms with van der Waals surface area (Å²) in [7, 11) is 3.48. The quantitative estimate of drug-likeness (QED) is 0.449. The number of benzene rings is 1. The van der Waals surface area contributed by atoms with Crippen LogP contribution < -0.4 is 9.64 Å². The van der Waals surface area contributed by atoms with Gasteiger partial charge in [0, 0.05) is 48.8 Å². The lowest BCUT2D eigenvalue weighted by molar-refractivity contribution is -0.0615. The van der Waals surface area contributed by atoms with E-state index in [1.165, 1.54) is 19.2 Å². The number of carboxylic acid groups (broad SMARTS) is 1. The van der Waals surface area contributed by atoms with E-state index < -0.39 is 23.0 Å². The Morgan fingerprint density at radius 3 is 2.54 bits per heavy atom. The molecule has 8 nitrogen and oxygen atoms in total. The maximum atomic E-state index is 14.3. The highest BCUT2D eigenvalue weighted by Crippen LogP contribution is 2.58. The molecule has 1 unspecified atom stereocenters. The van der Waals surface area contributed by atoms with Crippen molar-refractivity contribution in [2.75, 3.05) is 25.9 Å². The fraction of sp³-hybridized carbons (Fsp3) is 0.593. The number of fused-ring (bicyclic) bond motifs is 2. The molecule has 0 spiro atoms. The number of hydrogen-bond acceptors (Lipinski definition) is 6. The minimum absolute atomic E-state index is 0.0238. The van der Waals surface area contributed by atoms with Crippen molar-refractivity contribution in [3.8, 4) is 17.0 Å². The van der Waals surface area contributed by atoms with E-state index in [-0.39, 0.29) is 29.2 Å². The lowest BCUT2D eigenvalue weighted by Crippen LogP contribution is -2.69. The number of anilines is 1. The Hall–Kier alpha value is -2.65. The molecule has 3 heterocycles. The smallest absolute Gasteiger partial charge is 0.408 e. The third-order valence-electron chi connectivity index (χ3n) is 8.19. The van der Waals surface area contributed by atoms with Gasteiger partial charge in [0.25, 0.3) is 0 Å². The van der Waals surface area contributed by atoms with E-state index in [9.17, 15) is 14.3 Å². The molecule has 10 heteroatoms. The minimum atomic E-state index is -0.858. The molecule has 2 bridgehead atoms. The highest BCUT2D eigenvalue weighted by molar-refractivity contribution is 6.31. The van der Waals surface area contributed by atoms with Gasteiger partial charge in [-0.25, -0.2) is 9.18 Å². The molecule has 2 aromatic rings. The first kappa shape index (κ1) is 27.4. The van der Waals surface area contributed by atoms with Crippen molar-refractivity contribution in [1.82, 2.24) is 15.1 Å². The lowest BCUT2D eigenvalue weighted by Gasteiger charge is -2.59. The highest BCUT2D eigenvalue weighted by atomic mass is 35.5. The van der Waals surface area contributed by atoms with Crippen LogP contribution in [-0.2, 0) is 4.74 Å². The third kappa shape index (κ3) is 4.72. The minimum Gasteiger partial charge on any atom is -0.467 e. The number of nitrogens with zero attached hydrogens (tertiary/aromatic N) is 4. The van der Waals surface area contributed by atoms with Crippen LogP contribution in [0.3, 0.4) is 0 Å². The van der Waals surface area contributed by atoms with Gasteiger partial charge in [-0.3, -0.25) is 4.90 Å². The van der Waals surface area contributed by atoms with Gasteiger partial charge in [-0.15, -0.1) is 10.2 Å². The van der Waals surface area contributed by atoms with Crippen LogP contribution in [0.25, 0.3) is 11.3 Å². The fourth-order valence-corrected chi connectivity index (χ4v) is 7.10. The van der Waals surface area contributed by atoms with Gasteiger partial charge in [0.05, 0.1) is 10.7 Å². The van der Waals surface area contributed by atoms with Crippen molar-refractivity contribution in [2.24, 2.45) is 11.3 Å². The monoisotopic (exact) mass is 534 g/mol. The SMILES string of the molecule is COCOc1cc(Cl)c(F)cc1-c1ccc(N(C)[C@H]2C[C@]3(C)CC[C@](C)(C2C(C)(C)C)N3C(=O)O)nn1. The zero-order valence-corrected chi connectivity index (χ0v) is 23.3. The lowest BCUT2D eigenvalue weighted by atomic mass is 9.62. The summed E-state index contributed by atoms with van der Waals surface area (Å²) in [5.41, 5.74) is -0.262. The van der Waals surface area contributed by atoms with E-state index in [1.807, 2.05) is 13.1 Å². The van der Waals surface area contributed by atoms with Crippen LogP contribution in [0.2, 0.25) is 5.02 Å². The summed E-state index contributed by atoms with van der Waals surface area (Å²) in [5, 5.41) is 19.0. The summed E-state index contributed by atoms with van der Waals surface area (Å²) in [6.07, 6.45) is 1.47. The summed E-state index contributed by atoms with van der Waals surface area (Å²) < 4.78 is 24.9. The molecule has 1 N–H and O–H groups in total. The maximum absolute atomic E-state index is 14.3. The van der Waals surface area contributed by atoms with Crippen molar-refractivity contribution >= 4 is 23.5 Å². The first-order valence-corrected chi connectivity index (χ1v) is 12.8. The Morgan fingerprint density at radius 1 is 1.27 bits per heavy atom. The molecule has 0 saturated carbocycles. The van der Waals surface area contributed by atoms with Gasteiger partial charge in [0.15, 0.2) is 12.6 Å². The van der Waals surface area contributed by atoms with E-state index in [4.69, 9.17) is 21.1 Å². The van der Waals surface area contributed by atoms with Crippen molar-refractivity contribution in [3.05, 3.63) is 35.1 Å². The van der Waals surface area contributed by atoms with Crippen molar-refractivity contribution < 1.29 is 23.8 Å². The first-order chi connectivity index (χ1) is 17.2. The zero-order valence-electron chi connectivity index (χ0n) is 22.5. The van der Waals surface area contributed by atoms with E-state index >= 15 is 0 Å². The van der Waals surface area contributed by atoms with E-state index in [0.29, 0.717) is 29.2 Å². The molecule has 1 amide bonds. The second kappa shape index (κ2) is 9.58. The Bertz CT molecular complexity index is 1170. The summed E-state index contributed by atoms with van der Waals surface area (Å²) in [5.74, 6) is 0.472. The average molecular weight is 535 g/mol. The number of carbonyl (C=O) groups is 1. The number of ether oxygens (including phenoxy) is 2. The van der Waals surface area contributed by atoms with Crippen molar-refractivity contribution in [1.29, 1.82) is 0 Å². The average Bonchev–Trinajstić information content (AvgIpc) is 3.01. The standard InChI is InChI=1S/C27H36ClFN4O4/c1-25(2,3)23-20(14-26(4)10-11-27(23,5)33(26)24(34)35)32(6)22-9-8-19(30-31-22)16-12-18(29)17(28)13-21(16)37-15-36-7/h8-9,12-13,20,23H,10-11,14-15H2,1-7H3,(H,34,35)/t20-,23?,26-,27+/m0/s1. The van der Waals surface area contributed by atoms with Crippen LogP contribution in [0, 0.1) is 17.2 Å².